The van der Waals surface area contributed by atoms with Crippen LogP contribution in [0.15, 0.2) is 65.6 Å². The smallest absolute Gasteiger partial charge is 0.412 e. The molecule has 1 amide bonds. The molecule has 0 saturated heterocycles. The van der Waals surface area contributed by atoms with Crippen LogP contribution in [0.5, 0.6) is 0 Å². The lowest BCUT2D eigenvalue weighted by Crippen LogP contribution is -2.34. The molecule has 1 aromatic heterocycles. The lowest BCUT2D eigenvalue weighted by molar-refractivity contribution is -0.141. The summed E-state index contributed by atoms with van der Waals surface area (Å²) in [6.07, 6.45) is 0.374. The van der Waals surface area contributed by atoms with E-state index in [2.05, 4.69) is 10.3 Å². The van der Waals surface area contributed by atoms with Crippen molar-refractivity contribution in [3.8, 4) is 11.4 Å². The summed E-state index contributed by atoms with van der Waals surface area (Å²) in [6, 6.07) is 16.3. The molecule has 8 nitrogen and oxygen atoms in total. The van der Waals surface area contributed by atoms with E-state index in [-0.39, 0.29) is 18.1 Å². The zero-order chi connectivity index (χ0) is 20.8. The van der Waals surface area contributed by atoms with Crippen molar-refractivity contribution in [3.05, 3.63) is 82.3 Å². The van der Waals surface area contributed by atoms with E-state index in [0.717, 1.165) is 15.9 Å². The van der Waals surface area contributed by atoms with E-state index in [4.69, 9.17) is 9.57 Å². The molecule has 29 heavy (non-hydrogen) atoms. The molecule has 0 saturated carbocycles. The van der Waals surface area contributed by atoms with Gasteiger partial charge in [-0.15, -0.1) is 4.73 Å². The maximum atomic E-state index is 12.8. The van der Waals surface area contributed by atoms with Crippen molar-refractivity contribution in [2.24, 2.45) is 0 Å². The molecule has 0 spiro atoms. The van der Waals surface area contributed by atoms with Crippen LogP contribution in [0.25, 0.3) is 11.4 Å². The van der Waals surface area contributed by atoms with Gasteiger partial charge in [-0.3, -0.25) is 10.1 Å². The average Bonchev–Trinajstić information content (AvgIpc) is 2.71. The van der Waals surface area contributed by atoms with Crippen LogP contribution in [0.4, 0.5) is 10.5 Å². The van der Waals surface area contributed by atoms with Gasteiger partial charge in [0, 0.05) is 12.5 Å². The first-order valence-electron chi connectivity index (χ1n) is 8.80. The molecule has 148 valence electrons. The highest BCUT2D eigenvalue weighted by atomic mass is 16.7. The molecule has 0 atom stereocenters. The number of rotatable bonds is 5. The van der Waals surface area contributed by atoms with E-state index in [9.17, 15) is 14.4 Å². The Morgan fingerprint density at radius 2 is 1.76 bits per heavy atom. The second kappa shape index (κ2) is 8.83. The maximum absolute atomic E-state index is 12.8. The van der Waals surface area contributed by atoms with E-state index >= 15 is 0 Å². The summed E-state index contributed by atoms with van der Waals surface area (Å²) in [4.78, 5) is 45.6. The van der Waals surface area contributed by atoms with Crippen molar-refractivity contribution in [2.75, 3.05) is 5.32 Å². The minimum absolute atomic E-state index is 0.0412. The van der Waals surface area contributed by atoms with Gasteiger partial charge in [-0.2, -0.15) is 0 Å². The summed E-state index contributed by atoms with van der Waals surface area (Å²) in [5.41, 5.74) is 1.33. The number of aromatic nitrogens is 2. The predicted molar refractivity (Wildman–Crippen MR) is 106 cm³/mol. The molecule has 0 bridgehead atoms. The number of nitrogens with zero attached hydrogens (tertiary/aromatic N) is 2. The first kappa shape index (κ1) is 19.8. The molecule has 8 heteroatoms. The fraction of sp³-hybridized carbons (Fsp3) is 0.143. The van der Waals surface area contributed by atoms with Gasteiger partial charge < -0.3 is 9.57 Å². The van der Waals surface area contributed by atoms with Crippen molar-refractivity contribution in [1.29, 1.82) is 0 Å². The molecule has 0 aliphatic carbocycles. The van der Waals surface area contributed by atoms with Crippen LogP contribution in [-0.2, 0) is 16.1 Å². The highest BCUT2D eigenvalue weighted by Crippen LogP contribution is 2.20. The summed E-state index contributed by atoms with van der Waals surface area (Å²) in [5, 5.41) is 2.34. The molecule has 0 aliphatic rings. The van der Waals surface area contributed by atoms with Crippen molar-refractivity contribution in [2.45, 2.75) is 20.5 Å². The molecule has 3 rings (SSSR count). The third-order valence-corrected chi connectivity index (χ3v) is 3.98. The topological polar surface area (TPSA) is 99.5 Å². The number of amides is 1. The Labute approximate surface area is 166 Å². The van der Waals surface area contributed by atoms with Gasteiger partial charge in [0.1, 0.15) is 12.3 Å². The van der Waals surface area contributed by atoms with Gasteiger partial charge in [0.15, 0.2) is 5.82 Å². The second-order valence-electron chi connectivity index (χ2n) is 6.18. The fourth-order valence-electron chi connectivity index (χ4n) is 2.61. The van der Waals surface area contributed by atoms with Crippen molar-refractivity contribution < 1.29 is 19.2 Å². The molecular weight excluding hydrogens is 374 g/mol. The lowest BCUT2D eigenvalue weighted by atomic mass is 10.1. The fourth-order valence-corrected chi connectivity index (χ4v) is 2.61. The number of anilines is 1. The van der Waals surface area contributed by atoms with Crippen LogP contribution in [0.1, 0.15) is 18.1 Å². The number of carbonyl (C=O) groups is 2. The first-order chi connectivity index (χ1) is 14.0. The Hall–Kier alpha value is -3.94. The van der Waals surface area contributed by atoms with Crippen molar-refractivity contribution in [3.63, 3.8) is 0 Å². The normalized spacial score (nSPS) is 10.3. The maximum Gasteiger partial charge on any atom is 0.412 e. The quantitative estimate of drug-likeness (QED) is 0.715. The number of aryl methyl sites for hydroxylation is 1. The van der Waals surface area contributed by atoms with Gasteiger partial charge >= 0.3 is 17.6 Å². The van der Waals surface area contributed by atoms with Gasteiger partial charge in [0.25, 0.3) is 0 Å². The number of carbonyl (C=O) groups excluding carboxylic acids is 2. The second-order valence-corrected chi connectivity index (χ2v) is 6.18. The summed E-state index contributed by atoms with van der Waals surface area (Å²) in [6.45, 7) is 3.05. The first-order valence-corrected chi connectivity index (χ1v) is 8.80. The Kier molecular flexibility index (Phi) is 6.03. The zero-order valence-electron chi connectivity index (χ0n) is 15.9. The van der Waals surface area contributed by atoms with E-state index in [0.29, 0.717) is 5.56 Å². The van der Waals surface area contributed by atoms with Crippen molar-refractivity contribution in [1.82, 2.24) is 9.71 Å². The Morgan fingerprint density at radius 1 is 1.07 bits per heavy atom. The van der Waals surface area contributed by atoms with E-state index in [1.807, 2.05) is 37.3 Å². The highest BCUT2D eigenvalue weighted by molar-refractivity contribution is 5.84. The predicted octanol–water partition coefficient (Wildman–Crippen LogP) is 2.94. The minimum atomic E-state index is -0.828. The molecular formula is C21H19N3O5. The third kappa shape index (κ3) is 4.86. The molecule has 1 N–H and O–H groups in total. The number of hydrogen-bond donors (Lipinski definition) is 1. The summed E-state index contributed by atoms with van der Waals surface area (Å²) in [5.74, 6) is -0.556. The molecule has 2 aromatic carbocycles. The van der Waals surface area contributed by atoms with E-state index in [1.54, 1.807) is 24.3 Å². The zero-order valence-corrected chi connectivity index (χ0v) is 15.9. The Morgan fingerprint density at radius 3 is 2.45 bits per heavy atom. The monoisotopic (exact) mass is 393 g/mol. The van der Waals surface area contributed by atoms with Gasteiger partial charge in [-0.25, -0.2) is 14.6 Å². The summed E-state index contributed by atoms with van der Waals surface area (Å²) < 4.78 is 5.87. The molecule has 3 aromatic rings. The largest absolute Gasteiger partial charge is 0.444 e. The van der Waals surface area contributed by atoms with Gasteiger partial charge in [-0.05, 0) is 18.1 Å². The Balaban J connectivity index is 1.86. The van der Waals surface area contributed by atoms with E-state index in [1.165, 1.54) is 13.1 Å². The highest BCUT2D eigenvalue weighted by Gasteiger charge is 2.18. The molecule has 0 aliphatic heterocycles. The lowest BCUT2D eigenvalue weighted by Gasteiger charge is -2.14. The standard InChI is InChI=1S/C21H19N3O5/c1-14-8-6-7-11-17(14)19-22-12-18(20(26)24(19)29-15(2)25)23-21(27)28-13-16-9-4-3-5-10-16/h3-12H,13H2,1-2H3,(H,23,27). The van der Waals surface area contributed by atoms with Gasteiger partial charge in [0.05, 0.1) is 6.20 Å². The van der Waals surface area contributed by atoms with Crippen LogP contribution in [0.2, 0.25) is 0 Å². The number of hydrogen-bond acceptors (Lipinski definition) is 6. The Bertz CT molecular complexity index is 1090. The van der Waals surface area contributed by atoms with Crippen LogP contribution in [-0.4, -0.2) is 21.8 Å². The van der Waals surface area contributed by atoms with Gasteiger partial charge in [-0.1, -0.05) is 54.6 Å². The van der Waals surface area contributed by atoms with Crippen LogP contribution in [0.3, 0.4) is 0 Å². The average molecular weight is 393 g/mol. The molecule has 0 unspecified atom stereocenters. The van der Waals surface area contributed by atoms with Crippen LogP contribution < -0.4 is 15.7 Å². The molecule has 0 fully saturated rings. The summed E-state index contributed by atoms with van der Waals surface area (Å²) >= 11 is 0. The number of nitrogens with one attached hydrogen (secondary N) is 1. The molecule has 1 heterocycles. The molecule has 0 radical (unpaired) electrons. The third-order valence-electron chi connectivity index (χ3n) is 3.98. The van der Waals surface area contributed by atoms with Gasteiger partial charge in [0.2, 0.25) is 0 Å². The minimum Gasteiger partial charge on any atom is -0.444 e. The van der Waals surface area contributed by atoms with Crippen LogP contribution in [0, 0.1) is 6.92 Å². The summed E-state index contributed by atoms with van der Waals surface area (Å²) in [7, 11) is 0. The number of ether oxygens (including phenoxy) is 1. The SMILES string of the molecule is CC(=O)On1c(-c2ccccc2C)ncc(NC(=O)OCc2ccccc2)c1=O. The number of benzene rings is 2. The van der Waals surface area contributed by atoms with E-state index < -0.39 is 17.6 Å². The van der Waals surface area contributed by atoms with Crippen LogP contribution >= 0.6 is 0 Å². The van der Waals surface area contributed by atoms with Crippen molar-refractivity contribution >= 4 is 17.7 Å².